The first kappa shape index (κ1) is 23.6. The molecule has 0 aromatic heterocycles. The third-order valence-corrected chi connectivity index (χ3v) is 7.56. The summed E-state index contributed by atoms with van der Waals surface area (Å²) in [6, 6.07) is 31.3. The number of allylic oxidation sites excluding steroid dienone is 2. The fourth-order valence-corrected chi connectivity index (χ4v) is 5.67. The van der Waals surface area contributed by atoms with Gasteiger partial charge in [-0.2, -0.15) is 0 Å². The normalized spacial score (nSPS) is 19.9. The van der Waals surface area contributed by atoms with Crippen LogP contribution < -0.4 is 10.1 Å². The first-order chi connectivity index (χ1) is 18.1. The van der Waals surface area contributed by atoms with Gasteiger partial charge in [0.25, 0.3) is 0 Å². The summed E-state index contributed by atoms with van der Waals surface area (Å²) in [5.41, 5.74) is 8.18. The highest BCUT2D eigenvalue weighted by atomic mass is 35.5. The van der Waals surface area contributed by atoms with Gasteiger partial charge >= 0.3 is 0 Å². The number of para-hydroxylation sites is 1. The minimum atomic E-state index is 0.286. The second-order valence-electron chi connectivity index (χ2n) is 9.87. The average Bonchev–Trinajstić information content (AvgIpc) is 3.42. The molecule has 0 unspecified atom stereocenters. The van der Waals surface area contributed by atoms with Gasteiger partial charge in [-0.1, -0.05) is 77.8 Å². The predicted octanol–water partition coefficient (Wildman–Crippen LogP) is 8.80. The molecule has 0 saturated heterocycles. The summed E-state index contributed by atoms with van der Waals surface area (Å²) in [6.45, 7) is 2.62. The molecular formula is C33H29ClN2O. The SMILES string of the molecule is Cc1ccc2c(c1)[C@@H]1C=CC[C@H]1[C@@H](c1ccc(N=Cc3ccccc3OCc3cccc(Cl)c3)cc1)N2. The molecule has 1 N–H and O–H groups in total. The second kappa shape index (κ2) is 10.3. The molecule has 184 valence electrons. The van der Waals surface area contributed by atoms with Crippen LogP contribution in [0.3, 0.4) is 0 Å². The van der Waals surface area contributed by atoms with Crippen molar-refractivity contribution in [1.29, 1.82) is 0 Å². The van der Waals surface area contributed by atoms with Crippen molar-refractivity contribution >= 4 is 29.2 Å². The fraction of sp³-hybridized carbons (Fsp3) is 0.182. The quantitative estimate of drug-likeness (QED) is 0.210. The number of halogens is 1. The number of nitrogens with one attached hydrogen (secondary N) is 1. The zero-order valence-electron chi connectivity index (χ0n) is 20.8. The van der Waals surface area contributed by atoms with Gasteiger partial charge in [0.2, 0.25) is 0 Å². The van der Waals surface area contributed by atoms with E-state index in [2.05, 4.69) is 66.9 Å². The Hall–Kier alpha value is -3.82. The van der Waals surface area contributed by atoms with Crippen LogP contribution in [-0.4, -0.2) is 6.21 Å². The van der Waals surface area contributed by atoms with Gasteiger partial charge in [0.15, 0.2) is 0 Å². The summed E-state index contributed by atoms with van der Waals surface area (Å²) in [5.74, 6) is 1.80. The smallest absolute Gasteiger partial charge is 0.128 e. The maximum atomic E-state index is 6.11. The van der Waals surface area contributed by atoms with E-state index < -0.39 is 0 Å². The number of benzene rings is 4. The molecule has 0 spiro atoms. The molecule has 1 aliphatic heterocycles. The second-order valence-corrected chi connectivity index (χ2v) is 10.3. The van der Waals surface area contributed by atoms with Crippen LogP contribution in [0.1, 0.15) is 46.2 Å². The highest BCUT2D eigenvalue weighted by Crippen LogP contribution is 2.50. The zero-order valence-corrected chi connectivity index (χ0v) is 21.5. The first-order valence-electron chi connectivity index (χ1n) is 12.8. The molecular weight excluding hydrogens is 476 g/mol. The summed E-state index contributed by atoms with van der Waals surface area (Å²) in [5, 5.41) is 4.53. The minimum Gasteiger partial charge on any atom is -0.488 e. The largest absolute Gasteiger partial charge is 0.488 e. The van der Waals surface area contributed by atoms with E-state index in [1.807, 2.05) is 54.7 Å². The summed E-state index contributed by atoms with van der Waals surface area (Å²) < 4.78 is 6.08. The first-order valence-corrected chi connectivity index (χ1v) is 13.2. The van der Waals surface area contributed by atoms with Gasteiger partial charge in [0.1, 0.15) is 12.4 Å². The Balaban J connectivity index is 1.17. The zero-order chi connectivity index (χ0) is 25.2. The molecule has 37 heavy (non-hydrogen) atoms. The average molecular weight is 505 g/mol. The lowest BCUT2D eigenvalue weighted by Gasteiger charge is -2.37. The molecule has 0 amide bonds. The molecule has 3 atom stereocenters. The van der Waals surface area contributed by atoms with Crippen molar-refractivity contribution in [3.8, 4) is 5.75 Å². The molecule has 3 nitrogen and oxygen atoms in total. The van der Waals surface area contributed by atoms with E-state index in [0.717, 1.165) is 29.0 Å². The maximum Gasteiger partial charge on any atom is 0.128 e. The van der Waals surface area contributed by atoms with Crippen LogP contribution in [0.15, 0.2) is 108 Å². The van der Waals surface area contributed by atoms with E-state index in [1.165, 1.54) is 22.4 Å². The molecule has 1 aliphatic carbocycles. The number of aryl methyl sites for hydroxylation is 1. The van der Waals surface area contributed by atoms with Crippen molar-refractivity contribution in [3.05, 3.63) is 136 Å². The van der Waals surface area contributed by atoms with E-state index in [-0.39, 0.29) is 6.04 Å². The Kier molecular flexibility index (Phi) is 6.55. The molecule has 4 heteroatoms. The topological polar surface area (TPSA) is 33.6 Å². The van der Waals surface area contributed by atoms with Crippen molar-refractivity contribution in [1.82, 2.24) is 0 Å². The Bertz CT molecular complexity index is 1470. The van der Waals surface area contributed by atoms with Crippen molar-refractivity contribution in [2.75, 3.05) is 5.32 Å². The lowest BCUT2D eigenvalue weighted by atomic mass is 9.76. The molecule has 1 heterocycles. The predicted molar refractivity (Wildman–Crippen MR) is 153 cm³/mol. The Morgan fingerprint density at radius 1 is 0.973 bits per heavy atom. The minimum absolute atomic E-state index is 0.286. The highest BCUT2D eigenvalue weighted by Gasteiger charge is 2.37. The van der Waals surface area contributed by atoms with Crippen LogP contribution >= 0.6 is 11.6 Å². The molecule has 0 bridgehead atoms. The van der Waals surface area contributed by atoms with Crippen molar-refractivity contribution in [2.24, 2.45) is 10.9 Å². The summed E-state index contributed by atoms with van der Waals surface area (Å²) >= 11 is 6.11. The number of anilines is 1. The Labute approximate surface area is 223 Å². The standard InChI is InChI=1S/C33H29ClN2O/c1-22-12-17-31-30(18-22)28-9-5-10-29(28)33(36-31)24-13-15-27(16-14-24)35-20-25-7-2-3-11-32(25)37-21-23-6-4-8-26(34)19-23/h2-9,11-20,28-29,33,36H,10,21H2,1H3/t28-,29-,33-/m1/s1. The molecule has 4 aromatic rings. The van der Waals surface area contributed by atoms with Gasteiger partial charge in [0, 0.05) is 28.4 Å². The fourth-order valence-electron chi connectivity index (χ4n) is 5.46. The van der Waals surface area contributed by atoms with Crippen molar-refractivity contribution < 1.29 is 4.74 Å². The van der Waals surface area contributed by atoms with Crippen LogP contribution in [-0.2, 0) is 6.61 Å². The summed E-state index contributed by atoms with van der Waals surface area (Å²) in [7, 11) is 0. The van der Waals surface area contributed by atoms with Crippen LogP contribution in [0.5, 0.6) is 5.75 Å². The third-order valence-electron chi connectivity index (χ3n) is 7.33. The van der Waals surface area contributed by atoms with Crippen LogP contribution in [0.4, 0.5) is 11.4 Å². The van der Waals surface area contributed by atoms with Gasteiger partial charge in [-0.15, -0.1) is 0 Å². The van der Waals surface area contributed by atoms with E-state index in [1.54, 1.807) is 0 Å². The molecule has 0 saturated carbocycles. The number of rotatable bonds is 6. The summed E-state index contributed by atoms with van der Waals surface area (Å²) in [6.07, 6.45) is 7.70. The van der Waals surface area contributed by atoms with E-state index in [0.29, 0.717) is 23.5 Å². The Morgan fingerprint density at radius 2 is 1.84 bits per heavy atom. The highest BCUT2D eigenvalue weighted by molar-refractivity contribution is 6.30. The van der Waals surface area contributed by atoms with Crippen molar-refractivity contribution in [3.63, 3.8) is 0 Å². The number of aliphatic imine (C=N–C) groups is 1. The molecule has 4 aromatic carbocycles. The molecule has 0 fully saturated rings. The van der Waals surface area contributed by atoms with Crippen LogP contribution in [0, 0.1) is 12.8 Å². The number of hydrogen-bond donors (Lipinski definition) is 1. The van der Waals surface area contributed by atoms with Gasteiger partial charge in [-0.25, -0.2) is 0 Å². The lowest BCUT2D eigenvalue weighted by Crippen LogP contribution is -2.29. The molecule has 0 radical (unpaired) electrons. The number of hydrogen-bond acceptors (Lipinski definition) is 3. The third kappa shape index (κ3) is 5.05. The van der Waals surface area contributed by atoms with Gasteiger partial charge < -0.3 is 10.1 Å². The van der Waals surface area contributed by atoms with Gasteiger partial charge in [0.05, 0.1) is 11.7 Å². The monoisotopic (exact) mass is 504 g/mol. The van der Waals surface area contributed by atoms with Gasteiger partial charge in [-0.05, 0) is 78.4 Å². The molecule has 6 rings (SSSR count). The van der Waals surface area contributed by atoms with Gasteiger partial charge in [-0.3, -0.25) is 4.99 Å². The maximum absolute atomic E-state index is 6.11. The number of nitrogens with zero attached hydrogens (tertiary/aromatic N) is 1. The van der Waals surface area contributed by atoms with Crippen molar-refractivity contribution in [2.45, 2.75) is 31.9 Å². The lowest BCUT2D eigenvalue weighted by molar-refractivity contribution is 0.306. The Morgan fingerprint density at radius 3 is 2.70 bits per heavy atom. The van der Waals surface area contributed by atoms with E-state index in [9.17, 15) is 0 Å². The molecule has 2 aliphatic rings. The van der Waals surface area contributed by atoms with Crippen LogP contribution in [0.2, 0.25) is 5.02 Å². The van der Waals surface area contributed by atoms with Crippen LogP contribution in [0.25, 0.3) is 0 Å². The summed E-state index contributed by atoms with van der Waals surface area (Å²) in [4.78, 5) is 4.75. The number of ether oxygens (including phenoxy) is 1. The van der Waals surface area contributed by atoms with E-state index >= 15 is 0 Å². The van der Waals surface area contributed by atoms with E-state index in [4.69, 9.17) is 21.3 Å². The number of fused-ring (bicyclic) bond motifs is 3.